The summed E-state index contributed by atoms with van der Waals surface area (Å²) in [5, 5.41) is 0. The Morgan fingerprint density at radius 3 is 2.05 bits per heavy atom. The predicted molar refractivity (Wildman–Crippen MR) is 146 cm³/mol. The molecule has 0 aliphatic heterocycles. The molecule has 0 aromatic heterocycles. The van der Waals surface area contributed by atoms with Gasteiger partial charge in [-0.3, -0.25) is 4.57 Å². The third kappa shape index (κ3) is 11.7. The SMILES string of the molecule is CCCCC[C@H]1CC[C@H](c2ccc(OCCOCCP(=O)(OC(C)(C)C)OC(C)(C)C)c(F)c2F)CC1. The first-order chi connectivity index (χ1) is 17.2. The van der Waals surface area contributed by atoms with Crippen molar-refractivity contribution in [3.05, 3.63) is 29.3 Å². The second-order valence-electron chi connectivity index (χ2n) is 12.2. The Labute approximate surface area is 223 Å². The van der Waals surface area contributed by atoms with Gasteiger partial charge in [0.15, 0.2) is 11.6 Å². The molecule has 8 heteroatoms. The van der Waals surface area contributed by atoms with Crippen molar-refractivity contribution in [3.63, 3.8) is 0 Å². The van der Waals surface area contributed by atoms with Gasteiger partial charge in [-0.1, -0.05) is 38.7 Å². The Morgan fingerprint density at radius 2 is 1.49 bits per heavy atom. The van der Waals surface area contributed by atoms with E-state index in [2.05, 4.69) is 6.92 Å². The van der Waals surface area contributed by atoms with E-state index in [9.17, 15) is 13.3 Å². The lowest BCUT2D eigenvalue weighted by atomic mass is 9.77. The van der Waals surface area contributed by atoms with Gasteiger partial charge in [-0.25, -0.2) is 4.39 Å². The number of ether oxygens (including phenoxy) is 2. The molecule has 0 saturated heterocycles. The number of hydrogen-bond acceptors (Lipinski definition) is 5. The highest BCUT2D eigenvalue weighted by Crippen LogP contribution is 2.54. The summed E-state index contributed by atoms with van der Waals surface area (Å²) < 4.78 is 65.2. The van der Waals surface area contributed by atoms with Crippen LogP contribution in [0.1, 0.15) is 111 Å². The minimum atomic E-state index is -3.39. The van der Waals surface area contributed by atoms with Gasteiger partial charge in [0, 0.05) is 0 Å². The Morgan fingerprint density at radius 1 is 0.865 bits per heavy atom. The van der Waals surface area contributed by atoms with Crippen LogP contribution in [0.15, 0.2) is 12.1 Å². The van der Waals surface area contributed by atoms with E-state index in [-0.39, 0.29) is 37.6 Å². The smallest absolute Gasteiger partial charge is 0.334 e. The molecule has 0 unspecified atom stereocenters. The van der Waals surface area contributed by atoms with E-state index in [1.54, 1.807) is 6.07 Å². The van der Waals surface area contributed by atoms with Crippen LogP contribution in [0.2, 0.25) is 0 Å². The highest BCUT2D eigenvalue weighted by atomic mass is 31.2. The molecule has 0 spiro atoms. The van der Waals surface area contributed by atoms with Crippen molar-refractivity contribution in [3.8, 4) is 5.75 Å². The molecule has 0 heterocycles. The molecule has 1 fully saturated rings. The molecule has 1 aliphatic rings. The second-order valence-corrected chi connectivity index (χ2v) is 14.2. The van der Waals surface area contributed by atoms with Crippen molar-refractivity contribution in [1.82, 2.24) is 0 Å². The van der Waals surface area contributed by atoms with Gasteiger partial charge in [0.2, 0.25) is 5.82 Å². The second kappa shape index (κ2) is 14.4. The molecule has 2 rings (SSSR count). The van der Waals surface area contributed by atoms with E-state index >= 15 is 0 Å². The first-order valence-corrected chi connectivity index (χ1v) is 15.6. The lowest BCUT2D eigenvalue weighted by Gasteiger charge is -2.32. The maximum Gasteiger partial charge on any atom is 0.334 e. The summed E-state index contributed by atoms with van der Waals surface area (Å²) in [6.45, 7) is 13.4. The lowest BCUT2D eigenvalue weighted by Crippen LogP contribution is -2.26. The molecule has 0 bridgehead atoms. The van der Waals surface area contributed by atoms with Gasteiger partial charge in [0.1, 0.15) is 6.61 Å². The van der Waals surface area contributed by atoms with Gasteiger partial charge in [-0.15, -0.1) is 0 Å². The van der Waals surface area contributed by atoms with E-state index in [1.807, 2.05) is 41.5 Å². The molecule has 1 aromatic rings. The summed E-state index contributed by atoms with van der Waals surface area (Å²) in [6.07, 6.45) is 9.06. The number of benzene rings is 1. The average Bonchev–Trinajstić information content (AvgIpc) is 2.77. The number of unbranched alkanes of at least 4 members (excludes halogenated alkanes) is 2. The number of halogens is 2. The van der Waals surface area contributed by atoms with Gasteiger partial charge in [0.25, 0.3) is 0 Å². The summed E-state index contributed by atoms with van der Waals surface area (Å²) in [7, 11) is -3.39. The van der Waals surface area contributed by atoms with E-state index < -0.39 is 30.4 Å². The largest absolute Gasteiger partial charge is 0.488 e. The molecular formula is C29H49F2O5P. The van der Waals surface area contributed by atoms with Crippen LogP contribution < -0.4 is 4.74 Å². The van der Waals surface area contributed by atoms with Gasteiger partial charge < -0.3 is 18.5 Å². The van der Waals surface area contributed by atoms with E-state index in [0.717, 1.165) is 25.7 Å². The normalized spacial score (nSPS) is 19.3. The molecule has 1 aliphatic carbocycles. The topological polar surface area (TPSA) is 54.0 Å². The molecule has 1 saturated carbocycles. The molecule has 37 heavy (non-hydrogen) atoms. The molecule has 0 radical (unpaired) electrons. The van der Waals surface area contributed by atoms with Crippen LogP contribution in [0.3, 0.4) is 0 Å². The fourth-order valence-corrected chi connectivity index (χ4v) is 7.09. The third-order valence-electron chi connectivity index (χ3n) is 6.40. The van der Waals surface area contributed by atoms with Crippen LogP contribution in [0.5, 0.6) is 5.75 Å². The Balaban J connectivity index is 1.80. The number of hydrogen-bond donors (Lipinski definition) is 0. The van der Waals surface area contributed by atoms with Gasteiger partial charge in [0.05, 0.1) is 30.6 Å². The highest BCUT2D eigenvalue weighted by Gasteiger charge is 2.35. The summed E-state index contributed by atoms with van der Waals surface area (Å²) >= 11 is 0. The van der Waals surface area contributed by atoms with Crippen molar-refractivity contribution in [2.24, 2.45) is 5.92 Å². The van der Waals surface area contributed by atoms with Crippen LogP contribution in [-0.4, -0.2) is 37.2 Å². The minimum absolute atomic E-state index is 0.0448. The lowest BCUT2D eigenvalue weighted by molar-refractivity contribution is 0.0434. The monoisotopic (exact) mass is 546 g/mol. The molecule has 5 nitrogen and oxygen atoms in total. The maximum absolute atomic E-state index is 14.9. The summed E-state index contributed by atoms with van der Waals surface area (Å²) in [5.41, 5.74) is -0.807. The maximum atomic E-state index is 14.9. The Hall–Kier alpha value is -1.01. The van der Waals surface area contributed by atoms with Crippen LogP contribution >= 0.6 is 7.60 Å². The van der Waals surface area contributed by atoms with Crippen LogP contribution in [0.4, 0.5) is 8.78 Å². The third-order valence-corrected chi connectivity index (χ3v) is 8.78. The van der Waals surface area contributed by atoms with Crippen molar-refractivity contribution >= 4 is 7.60 Å². The summed E-state index contributed by atoms with van der Waals surface area (Å²) in [5.74, 6) is -1.07. The highest BCUT2D eigenvalue weighted by molar-refractivity contribution is 7.53. The average molecular weight is 547 g/mol. The van der Waals surface area contributed by atoms with E-state index in [4.69, 9.17) is 18.5 Å². The molecule has 0 N–H and O–H groups in total. The zero-order chi connectivity index (χ0) is 27.7. The van der Waals surface area contributed by atoms with Crippen LogP contribution in [0, 0.1) is 17.6 Å². The van der Waals surface area contributed by atoms with Gasteiger partial charge >= 0.3 is 7.60 Å². The molecule has 0 atom stereocenters. The van der Waals surface area contributed by atoms with Gasteiger partial charge in [-0.2, -0.15) is 4.39 Å². The standard InChI is InChI=1S/C29H49F2O5P/c1-8-9-10-11-22-12-14-23(15-13-22)24-16-17-25(27(31)26(24)30)34-19-18-33-20-21-37(32,35-28(2,3)4)36-29(5,6)7/h16-17,22-23H,8-15,18-21H2,1-7H3/t22-,23-. The van der Waals surface area contributed by atoms with E-state index in [1.165, 1.54) is 31.7 Å². The zero-order valence-corrected chi connectivity index (χ0v) is 24.9. The fourth-order valence-electron chi connectivity index (χ4n) is 4.85. The Kier molecular flexibility index (Phi) is 12.5. The molecule has 214 valence electrons. The van der Waals surface area contributed by atoms with Crippen LogP contribution in [-0.2, 0) is 18.3 Å². The van der Waals surface area contributed by atoms with Crippen molar-refractivity contribution in [1.29, 1.82) is 0 Å². The first-order valence-electron chi connectivity index (χ1n) is 13.9. The summed E-state index contributed by atoms with van der Waals surface area (Å²) in [4.78, 5) is 0. The molecule has 0 amide bonds. The van der Waals surface area contributed by atoms with Crippen molar-refractivity contribution in [2.75, 3.05) is 26.0 Å². The van der Waals surface area contributed by atoms with Crippen molar-refractivity contribution < 1.29 is 31.9 Å². The number of rotatable bonds is 14. The molecule has 1 aromatic carbocycles. The molecular weight excluding hydrogens is 497 g/mol. The van der Waals surface area contributed by atoms with E-state index in [0.29, 0.717) is 11.5 Å². The minimum Gasteiger partial charge on any atom is -0.488 e. The Bertz CT molecular complexity index is 850. The quantitative estimate of drug-likeness (QED) is 0.172. The van der Waals surface area contributed by atoms with Gasteiger partial charge in [-0.05, 0) is 90.7 Å². The first kappa shape index (κ1) is 32.2. The predicted octanol–water partition coefficient (Wildman–Crippen LogP) is 9.04. The van der Waals surface area contributed by atoms with Crippen LogP contribution in [0.25, 0.3) is 0 Å². The van der Waals surface area contributed by atoms with Crippen molar-refractivity contribution in [2.45, 2.75) is 117 Å². The fraction of sp³-hybridized carbons (Fsp3) is 0.793. The zero-order valence-electron chi connectivity index (χ0n) is 24.0. The summed E-state index contributed by atoms with van der Waals surface area (Å²) in [6, 6.07) is 3.18.